The lowest BCUT2D eigenvalue weighted by molar-refractivity contribution is -0.143. The summed E-state index contributed by atoms with van der Waals surface area (Å²) >= 11 is 5.73. The molecule has 40 heavy (non-hydrogen) atoms. The van der Waals surface area contributed by atoms with E-state index in [0.29, 0.717) is 18.7 Å². The highest BCUT2D eigenvalue weighted by Gasteiger charge is 2.44. The largest absolute Gasteiger partial charge is 0.477 e. The quantitative estimate of drug-likeness (QED) is 0.414. The summed E-state index contributed by atoms with van der Waals surface area (Å²) in [6.07, 6.45) is -5.31. The summed E-state index contributed by atoms with van der Waals surface area (Å²) < 4.78 is 83.1. The number of halogens is 7. The first-order valence-corrected chi connectivity index (χ1v) is 12.9. The number of benzene rings is 1. The van der Waals surface area contributed by atoms with Crippen molar-refractivity contribution in [3.05, 3.63) is 52.7 Å². The Morgan fingerprint density at radius 1 is 1.05 bits per heavy atom. The molecule has 3 heterocycles. The van der Waals surface area contributed by atoms with Gasteiger partial charge in [-0.25, -0.2) is 4.98 Å². The molecule has 1 aromatic carbocycles. The number of carbonyl (C=O) groups is 2. The Labute approximate surface area is 231 Å². The molecule has 2 saturated heterocycles. The predicted molar refractivity (Wildman–Crippen MR) is 134 cm³/mol. The van der Waals surface area contributed by atoms with Crippen molar-refractivity contribution in [2.75, 3.05) is 11.4 Å². The van der Waals surface area contributed by atoms with Gasteiger partial charge in [-0.3, -0.25) is 9.59 Å². The first-order chi connectivity index (χ1) is 18.5. The number of piperidine rings is 1. The van der Waals surface area contributed by atoms with E-state index in [9.17, 15) is 35.9 Å². The number of carbonyl (C=O) groups excluding carboxylic acids is 2. The monoisotopic (exact) mass is 592 g/mol. The van der Waals surface area contributed by atoms with Crippen LogP contribution in [0.25, 0.3) is 0 Å². The van der Waals surface area contributed by atoms with Gasteiger partial charge < -0.3 is 20.3 Å². The highest BCUT2D eigenvalue weighted by atomic mass is 35.5. The van der Waals surface area contributed by atoms with Crippen LogP contribution in [0.5, 0.6) is 5.75 Å². The van der Waals surface area contributed by atoms with E-state index in [2.05, 4.69) is 15.2 Å². The lowest BCUT2D eigenvalue weighted by Gasteiger charge is -2.41. The van der Waals surface area contributed by atoms with Gasteiger partial charge in [-0.1, -0.05) is 11.6 Å². The van der Waals surface area contributed by atoms with Crippen LogP contribution in [0.2, 0.25) is 5.02 Å². The van der Waals surface area contributed by atoms with Gasteiger partial charge in [0.1, 0.15) is 18.1 Å². The van der Waals surface area contributed by atoms with Gasteiger partial charge in [-0.2, -0.15) is 26.3 Å². The van der Waals surface area contributed by atoms with Gasteiger partial charge in [0.05, 0.1) is 11.1 Å². The van der Waals surface area contributed by atoms with E-state index in [-0.39, 0.29) is 28.7 Å². The number of amides is 2. The lowest BCUT2D eigenvalue weighted by Crippen LogP contribution is -2.55. The minimum atomic E-state index is -4.72. The number of aromatic nitrogens is 1. The van der Waals surface area contributed by atoms with E-state index in [0.717, 1.165) is 25.0 Å². The molecule has 4 rings (SSSR count). The Morgan fingerprint density at radius 2 is 1.70 bits per heavy atom. The first kappa shape index (κ1) is 29.8. The minimum Gasteiger partial charge on any atom is -0.477 e. The van der Waals surface area contributed by atoms with E-state index in [1.54, 1.807) is 11.4 Å². The number of nitrogens with one attached hydrogen (secondary N) is 2. The average Bonchev–Trinajstić information content (AvgIpc) is 3.12. The number of hydrogen-bond donors (Lipinski definition) is 2. The van der Waals surface area contributed by atoms with Crippen LogP contribution in [0.3, 0.4) is 0 Å². The number of anilines is 1. The van der Waals surface area contributed by atoms with Crippen LogP contribution in [-0.2, 0) is 11.0 Å². The zero-order valence-corrected chi connectivity index (χ0v) is 22.3. The number of alkyl halides is 6. The van der Waals surface area contributed by atoms with Crippen LogP contribution >= 0.6 is 11.6 Å². The molecule has 2 bridgehead atoms. The zero-order valence-electron chi connectivity index (χ0n) is 21.5. The molecule has 2 N–H and O–H groups in total. The smallest absolute Gasteiger partial charge is 0.420 e. The van der Waals surface area contributed by atoms with Crippen molar-refractivity contribution in [3.8, 4) is 5.75 Å². The summed E-state index contributed by atoms with van der Waals surface area (Å²) in [6.45, 7) is 1.33. The molecule has 2 unspecified atom stereocenters. The number of pyridine rings is 1. The molecule has 0 aliphatic carbocycles. The second-order valence-electron chi connectivity index (χ2n) is 10.4. The maximum Gasteiger partial charge on any atom is 0.420 e. The molecular formula is C26H27ClF6N4O3. The van der Waals surface area contributed by atoms with Crippen molar-refractivity contribution < 1.29 is 40.7 Å². The van der Waals surface area contributed by atoms with Gasteiger partial charge in [0, 0.05) is 29.3 Å². The zero-order chi connectivity index (χ0) is 29.5. The van der Waals surface area contributed by atoms with E-state index >= 15 is 0 Å². The molecule has 2 aromatic rings. The highest BCUT2D eigenvalue weighted by Crippen LogP contribution is 2.40. The molecule has 0 radical (unpaired) electrons. The maximum absolute atomic E-state index is 13.5. The number of ether oxygens (including phenoxy) is 1. The summed E-state index contributed by atoms with van der Waals surface area (Å²) in [5, 5.41) is 4.60. The fraction of sp³-hybridized carbons (Fsp3) is 0.500. The first-order valence-electron chi connectivity index (χ1n) is 12.5. The van der Waals surface area contributed by atoms with Gasteiger partial charge in [-0.15, -0.1) is 0 Å². The molecule has 2 aliphatic rings. The second-order valence-corrected chi connectivity index (χ2v) is 10.8. The summed E-state index contributed by atoms with van der Waals surface area (Å²) in [7, 11) is 0. The third-order valence-electron chi connectivity index (χ3n) is 6.95. The second kappa shape index (κ2) is 11.0. The molecule has 218 valence electrons. The Kier molecular flexibility index (Phi) is 8.17. The van der Waals surface area contributed by atoms with Crippen molar-refractivity contribution in [1.82, 2.24) is 15.6 Å². The lowest BCUT2D eigenvalue weighted by atomic mass is 9.96. The Balaban J connectivity index is 1.38. The summed E-state index contributed by atoms with van der Waals surface area (Å²) in [5.41, 5.74) is -2.70. The van der Waals surface area contributed by atoms with Crippen LogP contribution < -0.4 is 20.3 Å². The summed E-state index contributed by atoms with van der Waals surface area (Å²) in [5.74, 6) is -1.39. The molecule has 0 spiro atoms. The van der Waals surface area contributed by atoms with Crippen LogP contribution in [0.1, 0.15) is 55.5 Å². The van der Waals surface area contributed by atoms with Gasteiger partial charge in [0.15, 0.2) is 5.60 Å². The molecule has 1 aromatic heterocycles. The van der Waals surface area contributed by atoms with Gasteiger partial charge in [0.25, 0.3) is 11.8 Å². The maximum atomic E-state index is 13.5. The highest BCUT2D eigenvalue weighted by molar-refractivity contribution is 6.30. The molecule has 2 amide bonds. The normalized spacial score (nSPS) is 21.2. The Morgan fingerprint density at radius 3 is 2.25 bits per heavy atom. The third kappa shape index (κ3) is 6.91. The topological polar surface area (TPSA) is 83.6 Å². The SMILES string of the molecule is CC(C)(Oc1ccc(Cl)cc1C(F)(F)F)C(=O)NC1CC2CCC(C1)N2c1ccc(C(=O)NCC(F)(F)F)cn1. The van der Waals surface area contributed by atoms with Crippen molar-refractivity contribution in [3.63, 3.8) is 0 Å². The Bertz CT molecular complexity index is 1240. The molecule has 2 atom stereocenters. The summed E-state index contributed by atoms with van der Waals surface area (Å²) in [6, 6.07) is 5.80. The van der Waals surface area contributed by atoms with Gasteiger partial charge >= 0.3 is 12.4 Å². The van der Waals surface area contributed by atoms with Crippen molar-refractivity contribution in [2.24, 2.45) is 0 Å². The minimum absolute atomic E-state index is 0.000837. The van der Waals surface area contributed by atoms with Crippen molar-refractivity contribution in [1.29, 1.82) is 0 Å². The van der Waals surface area contributed by atoms with E-state index in [4.69, 9.17) is 16.3 Å². The van der Waals surface area contributed by atoms with Crippen LogP contribution in [0.15, 0.2) is 36.5 Å². The molecule has 14 heteroatoms. The van der Waals surface area contributed by atoms with Gasteiger partial charge in [0.2, 0.25) is 0 Å². The Hall–Kier alpha value is -3.22. The molecule has 7 nitrogen and oxygen atoms in total. The van der Waals surface area contributed by atoms with Crippen molar-refractivity contribution in [2.45, 2.75) is 75.6 Å². The van der Waals surface area contributed by atoms with E-state index < -0.39 is 47.6 Å². The number of nitrogens with zero attached hydrogens (tertiary/aromatic N) is 2. The average molecular weight is 593 g/mol. The molecular weight excluding hydrogens is 566 g/mol. The number of hydrogen-bond acceptors (Lipinski definition) is 5. The third-order valence-corrected chi connectivity index (χ3v) is 7.19. The number of rotatable bonds is 7. The predicted octanol–water partition coefficient (Wildman–Crippen LogP) is 5.52. The molecule has 2 aliphatic heterocycles. The molecule has 0 saturated carbocycles. The standard InChI is InChI=1S/C26H27ClF6N4O3/c1-24(2,40-20-7-4-15(27)9-19(20)26(31,32)33)23(39)36-16-10-17-5-6-18(11-16)37(17)21-8-3-14(12-34-21)22(38)35-13-25(28,29)30/h3-4,7-9,12,16-18H,5-6,10-11,13H2,1-2H3,(H,35,38)(H,36,39). The molecule has 2 fully saturated rings. The number of fused-ring (bicyclic) bond motifs is 2. The van der Waals surface area contributed by atoms with Gasteiger partial charge in [-0.05, 0) is 69.9 Å². The van der Waals surface area contributed by atoms with Crippen LogP contribution in [0.4, 0.5) is 32.2 Å². The fourth-order valence-corrected chi connectivity index (χ4v) is 5.29. The van der Waals surface area contributed by atoms with Crippen LogP contribution in [-0.4, -0.2) is 53.2 Å². The fourth-order valence-electron chi connectivity index (χ4n) is 5.12. The van der Waals surface area contributed by atoms with Crippen LogP contribution in [0, 0.1) is 0 Å². The van der Waals surface area contributed by atoms with E-state index in [1.807, 2.05) is 0 Å². The summed E-state index contributed by atoms with van der Waals surface area (Å²) in [4.78, 5) is 31.4. The van der Waals surface area contributed by atoms with E-state index in [1.165, 1.54) is 32.2 Å². The van der Waals surface area contributed by atoms with Crippen molar-refractivity contribution >= 4 is 29.2 Å².